The van der Waals surface area contributed by atoms with E-state index < -0.39 is 0 Å². The molecule has 2 saturated carbocycles. The molecule has 0 bridgehead atoms. The Bertz CT molecular complexity index is 1020. The van der Waals surface area contributed by atoms with Crippen molar-refractivity contribution in [3.8, 4) is 0 Å². The van der Waals surface area contributed by atoms with E-state index in [9.17, 15) is 9.59 Å². The SMILES string of the molecule is COCCOCCOCCOCCOCCNC(=O)CN1C[C@]2(CC[C@@](c3ccccc3)(N(C)C)CC2)N(CC2CCC2)C1=O. The number of nitrogens with zero attached hydrogens (tertiary/aromatic N) is 3. The molecule has 1 aromatic rings. The molecule has 45 heavy (non-hydrogen) atoms. The minimum atomic E-state index is -0.215. The molecule has 1 aliphatic heterocycles. The van der Waals surface area contributed by atoms with Crippen molar-refractivity contribution in [3.63, 3.8) is 0 Å². The van der Waals surface area contributed by atoms with E-state index in [-0.39, 0.29) is 29.6 Å². The number of benzene rings is 1. The maximum atomic E-state index is 13.8. The van der Waals surface area contributed by atoms with Crippen LogP contribution in [0.25, 0.3) is 0 Å². The average Bonchev–Trinajstić information content (AvgIpc) is 3.26. The van der Waals surface area contributed by atoms with E-state index in [1.165, 1.54) is 24.8 Å². The van der Waals surface area contributed by atoms with E-state index >= 15 is 0 Å². The predicted molar refractivity (Wildman–Crippen MR) is 172 cm³/mol. The van der Waals surface area contributed by atoms with E-state index in [2.05, 4.69) is 59.5 Å². The largest absolute Gasteiger partial charge is 0.382 e. The summed E-state index contributed by atoms with van der Waals surface area (Å²) in [6.45, 7) is 6.40. The van der Waals surface area contributed by atoms with E-state index in [0.29, 0.717) is 78.5 Å². The van der Waals surface area contributed by atoms with Gasteiger partial charge >= 0.3 is 6.03 Å². The molecule has 1 aromatic carbocycles. The van der Waals surface area contributed by atoms with Gasteiger partial charge in [0, 0.05) is 32.3 Å². The lowest BCUT2D eigenvalue weighted by Crippen LogP contribution is -2.56. The maximum Gasteiger partial charge on any atom is 0.321 e. The number of nitrogens with one attached hydrogen (secondary N) is 1. The van der Waals surface area contributed by atoms with Gasteiger partial charge in [0.05, 0.1) is 65.0 Å². The molecule has 3 aliphatic rings. The molecule has 1 N–H and O–H groups in total. The van der Waals surface area contributed by atoms with Gasteiger partial charge in [-0.3, -0.25) is 9.69 Å². The highest BCUT2D eigenvalue weighted by Crippen LogP contribution is 2.49. The zero-order valence-corrected chi connectivity index (χ0v) is 27.8. The Morgan fingerprint density at radius 2 is 1.44 bits per heavy atom. The summed E-state index contributed by atoms with van der Waals surface area (Å²) in [5.74, 6) is 0.434. The number of ether oxygens (including phenoxy) is 5. The number of urea groups is 1. The summed E-state index contributed by atoms with van der Waals surface area (Å²) in [7, 11) is 5.99. The first-order valence-electron chi connectivity index (χ1n) is 16.8. The Labute approximate surface area is 269 Å². The van der Waals surface area contributed by atoms with Crippen LogP contribution in [0.5, 0.6) is 0 Å². The predicted octanol–water partition coefficient (Wildman–Crippen LogP) is 3.12. The number of carbonyl (C=O) groups excluding carboxylic acids is 2. The van der Waals surface area contributed by atoms with Gasteiger partial charge < -0.3 is 38.8 Å². The fourth-order valence-corrected chi connectivity index (χ4v) is 6.91. The first kappa shape index (κ1) is 35.6. The molecule has 1 spiro atoms. The molecule has 11 heteroatoms. The number of methoxy groups -OCH3 is 1. The Morgan fingerprint density at radius 3 is 1.98 bits per heavy atom. The Balaban J connectivity index is 1.16. The highest BCUT2D eigenvalue weighted by atomic mass is 16.6. The van der Waals surface area contributed by atoms with Gasteiger partial charge in [0.25, 0.3) is 0 Å². The molecule has 11 nitrogen and oxygen atoms in total. The van der Waals surface area contributed by atoms with Gasteiger partial charge in [0.1, 0.15) is 6.54 Å². The summed E-state index contributed by atoms with van der Waals surface area (Å²) >= 11 is 0. The minimum absolute atomic E-state index is 0.0186. The zero-order chi connectivity index (χ0) is 32.0. The number of rotatable bonds is 21. The van der Waals surface area contributed by atoms with E-state index in [1.54, 1.807) is 12.0 Å². The van der Waals surface area contributed by atoms with Crippen LogP contribution in [0, 0.1) is 5.92 Å². The van der Waals surface area contributed by atoms with Gasteiger partial charge in [0.15, 0.2) is 0 Å². The van der Waals surface area contributed by atoms with Crippen molar-refractivity contribution in [2.75, 3.05) is 107 Å². The van der Waals surface area contributed by atoms with Gasteiger partial charge in [-0.25, -0.2) is 4.79 Å². The lowest BCUT2D eigenvalue weighted by molar-refractivity contribution is -0.121. The molecule has 1 saturated heterocycles. The lowest BCUT2D eigenvalue weighted by atomic mass is 9.68. The van der Waals surface area contributed by atoms with Crippen LogP contribution < -0.4 is 5.32 Å². The molecule has 3 fully saturated rings. The quantitative estimate of drug-likeness (QED) is 0.207. The summed E-state index contributed by atoms with van der Waals surface area (Å²) in [4.78, 5) is 32.9. The topological polar surface area (TPSA) is 102 Å². The Kier molecular flexibility index (Phi) is 14.4. The summed E-state index contributed by atoms with van der Waals surface area (Å²) in [5, 5.41) is 2.93. The summed E-state index contributed by atoms with van der Waals surface area (Å²) in [5.41, 5.74) is 1.09. The maximum absolute atomic E-state index is 13.8. The second kappa shape index (κ2) is 18.2. The summed E-state index contributed by atoms with van der Waals surface area (Å²) in [6, 6.07) is 10.8. The smallest absolute Gasteiger partial charge is 0.321 e. The van der Waals surface area contributed by atoms with Gasteiger partial charge in [-0.2, -0.15) is 0 Å². The van der Waals surface area contributed by atoms with Crippen molar-refractivity contribution in [2.45, 2.75) is 56.0 Å². The van der Waals surface area contributed by atoms with Crippen molar-refractivity contribution < 1.29 is 33.3 Å². The molecule has 2 aliphatic carbocycles. The van der Waals surface area contributed by atoms with E-state index in [4.69, 9.17) is 23.7 Å². The fraction of sp³-hybridized carbons (Fsp3) is 0.765. The monoisotopic (exact) mass is 632 g/mol. The normalized spacial score (nSPS) is 23.7. The third-order valence-electron chi connectivity index (χ3n) is 9.85. The molecule has 3 amide bonds. The van der Waals surface area contributed by atoms with Gasteiger partial charge in [-0.15, -0.1) is 0 Å². The highest BCUT2D eigenvalue weighted by molar-refractivity contribution is 5.86. The molecular weight excluding hydrogens is 576 g/mol. The molecule has 0 radical (unpaired) electrons. The van der Waals surface area contributed by atoms with Crippen LogP contribution in [0.15, 0.2) is 30.3 Å². The van der Waals surface area contributed by atoms with Crippen LogP contribution in [0.1, 0.15) is 50.5 Å². The second-order valence-electron chi connectivity index (χ2n) is 12.9. The van der Waals surface area contributed by atoms with Crippen molar-refractivity contribution in [3.05, 3.63) is 35.9 Å². The van der Waals surface area contributed by atoms with E-state index in [0.717, 1.165) is 32.2 Å². The number of amides is 3. The average molecular weight is 633 g/mol. The first-order valence-corrected chi connectivity index (χ1v) is 16.8. The van der Waals surface area contributed by atoms with E-state index in [1.807, 2.05) is 0 Å². The number of hydrogen-bond donors (Lipinski definition) is 1. The van der Waals surface area contributed by atoms with Gasteiger partial charge in [-0.1, -0.05) is 36.8 Å². The number of hydrogen-bond acceptors (Lipinski definition) is 8. The van der Waals surface area contributed by atoms with Crippen molar-refractivity contribution in [2.24, 2.45) is 5.92 Å². The molecular formula is C34H56N4O7. The van der Waals surface area contributed by atoms with Crippen LogP contribution in [0.3, 0.4) is 0 Å². The van der Waals surface area contributed by atoms with Crippen molar-refractivity contribution in [1.29, 1.82) is 0 Å². The van der Waals surface area contributed by atoms with Gasteiger partial charge in [-0.05, 0) is 64.1 Å². The Hall–Kier alpha value is -2.28. The summed E-state index contributed by atoms with van der Waals surface area (Å²) in [6.07, 6.45) is 7.46. The Morgan fingerprint density at radius 1 is 0.867 bits per heavy atom. The standard InChI is InChI=1S/C34H56N4O7/c1-36(2)34(30-10-5-4-6-11-30)14-12-33(13-15-34)28-37(32(40)38(33)26-29-8-7-9-29)27-31(39)35-16-17-42-20-21-44-24-25-45-23-22-43-19-18-41-3/h4-6,10-11,29H,7-9,12-28H2,1-3H3,(H,35,39)/t33-,34-. The first-order chi connectivity index (χ1) is 21.9. The third-order valence-corrected chi connectivity index (χ3v) is 9.85. The van der Waals surface area contributed by atoms with Crippen molar-refractivity contribution >= 4 is 11.9 Å². The third kappa shape index (κ3) is 9.86. The second-order valence-corrected chi connectivity index (χ2v) is 12.9. The molecule has 1 heterocycles. The van der Waals surface area contributed by atoms with Crippen LogP contribution in [-0.2, 0) is 34.0 Å². The summed E-state index contributed by atoms with van der Waals surface area (Å²) < 4.78 is 26.8. The van der Waals surface area contributed by atoms with Gasteiger partial charge in [0.2, 0.25) is 5.91 Å². The molecule has 0 aromatic heterocycles. The fourth-order valence-electron chi connectivity index (χ4n) is 6.91. The zero-order valence-electron chi connectivity index (χ0n) is 27.8. The lowest BCUT2D eigenvalue weighted by Gasteiger charge is -2.51. The van der Waals surface area contributed by atoms with Crippen LogP contribution in [-0.4, -0.2) is 139 Å². The molecule has 0 unspecified atom stereocenters. The van der Waals surface area contributed by atoms with Crippen LogP contribution >= 0.6 is 0 Å². The molecule has 254 valence electrons. The molecule has 0 atom stereocenters. The number of carbonyl (C=O) groups is 2. The van der Waals surface area contributed by atoms with Crippen molar-refractivity contribution in [1.82, 2.24) is 20.0 Å². The van der Waals surface area contributed by atoms with Crippen LogP contribution in [0.2, 0.25) is 0 Å². The van der Waals surface area contributed by atoms with Crippen LogP contribution in [0.4, 0.5) is 4.79 Å². The highest BCUT2D eigenvalue weighted by Gasteiger charge is 2.55. The minimum Gasteiger partial charge on any atom is -0.382 e. The molecule has 4 rings (SSSR count).